The predicted molar refractivity (Wildman–Crippen MR) is 114 cm³/mol. The number of amides is 1. The summed E-state index contributed by atoms with van der Waals surface area (Å²) in [5.41, 5.74) is -2.16. The summed E-state index contributed by atoms with van der Waals surface area (Å²) in [4.78, 5) is 78.9. The minimum absolute atomic E-state index is 0.0269. The van der Waals surface area contributed by atoms with E-state index in [9.17, 15) is 34.1 Å². The molecule has 0 bridgehead atoms. The number of H-pyrrole nitrogens is 1. The van der Waals surface area contributed by atoms with Gasteiger partial charge < -0.3 is 15.0 Å². The maximum absolute atomic E-state index is 12.9. The van der Waals surface area contributed by atoms with E-state index in [2.05, 4.69) is 20.0 Å². The van der Waals surface area contributed by atoms with Gasteiger partial charge in [-0.3, -0.25) is 29.3 Å². The van der Waals surface area contributed by atoms with Gasteiger partial charge in [-0.2, -0.15) is 0 Å². The Kier molecular flexibility index (Phi) is 6.59. The molecule has 0 radical (unpaired) electrons. The highest BCUT2D eigenvalue weighted by molar-refractivity contribution is 6.52. The number of nitro benzene ring substituents is 1. The van der Waals surface area contributed by atoms with Crippen LogP contribution in [0.25, 0.3) is 11.0 Å². The Labute approximate surface area is 188 Å². The second-order valence-electron chi connectivity index (χ2n) is 6.53. The number of nitro groups is 1. The van der Waals surface area contributed by atoms with Crippen LogP contribution < -0.4 is 10.9 Å². The number of ketones is 2. The van der Waals surface area contributed by atoms with Gasteiger partial charge in [-0.1, -0.05) is 17.7 Å². The fraction of sp³-hybridized carbons (Fsp3) is 0.100. The van der Waals surface area contributed by atoms with Crippen LogP contribution in [0, 0.1) is 10.1 Å². The van der Waals surface area contributed by atoms with Crippen molar-refractivity contribution < 1.29 is 28.8 Å². The van der Waals surface area contributed by atoms with Gasteiger partial charge in [0.25, 0.3) is 22.9 Å². The fourth-order valence-electron chi connectivity index (χ4n) is 2.87. The number of ether oxygens (including phenoxy) is 1. The Morgan fingerprint density at radius 2 is 1.88 bits per heavy atom. The summed E-state index contributed by atoms with van der Waals surface area (Å²) in [6.45, 7) is 0. The van der Waals surface area contributed by atoms with Gasteiger partial charge in [0.15, 0.2) is 0 Å². The number of methoxy groups -OCH3 is 1. The first-order valence-electron chi connectivity index (χ1n) is 9.03. The average Bonchev–Trinajstić information content (AvgIpc) is 2.78. The number of carbonyl (C=O) groups is 4. The second kappa shape index (κ2) is 9.36. The van der Waals surface area contributed by atoms with Crippen LogP contribution in [0.4, 0.5) is 11.4 Å². The van der Waals surface area contributed by atoms with Crippen LogP contribution in [0.5, 0.6) is 0 Å². The minimum Gasteiger partial charge on any atom is -0.463 e. The predicted octanol–water partition coefficient (Wildman–Crippen LogP) is 1.52. The number of esters is 1. The number of hydrogen-bond acceptors (Lipinski definition) is 9. The van der Waals surface area contributed by atoms with Gasteiger partial charge in [0, 0.05) is 22.8 Å². The van der Waals surface area contributed by atoms with E-state index in [4.69, 9.17) is 11.6 Å². The topological polar surface area (TPSA) is 178 Å². The van der Waals surface area contributed by atoms with Crippen molar-refractivity contribution in [3.63, 3.8) is 0 Å². The summed E-state index contributed by atoms with van der Waals surface area (Å²) in [5, 5.41) is 13.4. The Morgan fingerprint density at radius 1 is 1.15 bits per heavy atom. The van der Waals surface area contributed by atoms with Crippen molar-refractivity contribution in [3.8, 4) is 0 Å². The molecule has 0 saturated heterocycles. The zero-order valence-corrected chi connectivity index (χ0v) is 17.4. The summed E-state index contributed by atoms with van der Waals surface area (Å²) in [6, 6.07) is 9.05. The SMILES string of the molecule is COC(=O)C(=O)[C@@H](C(=O)C(=O)Nc1cccc(Cl)c1)c1nc2ccc([N+](=O)[O-])cc2[nH]c1=O. The summed E-state index contributed by atoms with van der Waals surface area (Å²) < 4.78 is 4.34. The molecule has 13 heteroatoms. The molecule has 0 fully saturated rings. The first kappa shape index (κ1) is 23.2. The van der Waals surface area contributed by atoms with E-state index in [-0.39, 0.29) is 27.4 Å². The molecule has 2 aromatic carbocycles. The zero-order valence-electron chi connectivity index (χ0n) is 16.7. The highest BCUT2D eigenvalue weighted by atomic mass is 35.5. The average molecular weight is 473 g/mol. The lowest BCUT2D eigenvalue weighted by molar-refractivity contribution is -0.384. The molecule has 0 saturated carbocycles. The number of carbonyl (C=O) groups excluding carboxylic acids is 4. The Balaban J connectivity index is 2.07. The highest BCUT2D eigenvalue weighted by Crippen LogP contribution is 2.21. The summed E-state index contributed by atoms with van der Waals surface area (Å²) in [7, 11) is 0.880. The first-order chi connectivity index (χ1) is 15.6. The van der Waals surface area contributed by atoms with Gasteiger partial charge >= 0.3 is 5.97 Å². The monoisotopic (exact) mass is 472 g/mol. The number of aromatic amines is 1. The van der Waals surface area contributed by atoms with Crippen LogP contribution in [-0.4, -0.2) is 45.4 Å². The van der Waals surface area contributed by atoms with Gasteiger partial charge in [0.2, 0.25) is 5.78 Å². The molecule has 0 aliphatic rings. The lowest BCUT2D eigenvalue weighted by atomic mass is 9.94. The third-order valence-corrected chi connectivity index (χ3v) is 4.64. The largest absolute Gasteiger partial charge is 0.463 e. The number of benzene rings is 2. The minimum atomic E-state index is -2.22. The molecule has 168 valence electrons. The molecule has 3 rings (SSSR count). The number of rotatable bonds is 7. The van der Waals surface area contributed by atoms with E-state index < -0.39 is 45.5 Å². The van der Waals surface area contributed by atoms with Crippen LogP contribution in [0.1, 0.15) is 11.6 Å². The number of Topliss-reactive ketones (excluding diaryl/α,β-unsaturated/α-hetero) is 2. The Hall–Kier alpha value is -4.45. The molecule has 2 N–H and O–H groups in total. The van der Waals surface area contributed by atoms with Gasteiger partial charge in [-0.05, 0) is 24.3 Å². The van der Waals surface area contributed by atoms with Crippen molar-refractivity contribution >= 4 is 57.5 Å². The Bertz CT molecular complexity index is 1380. The zero-order chi connectivity index (χ0) is 24.3. The third-order valence-electron chi connectivity index (χ3n) is 4.40. The third kappa shape index (κ3) is 4.91. The van der Waals surface area contributed by atoms with E-state index in [1.165, 1.54) is 30.3 Å². The molecular formula is C20H13ClN4O8. The molecule has 3 aromatic rings. The molecule has 1 heterocycles. The fourth-order valence-corrected chi connectivity index (χ4v) is 3.06. The number of hydrogen-bond donors (Lipinski definition) is 2. The van der Waals surface area contributed by atoms with Gasteiger partial charge in [0.1, 0.15) is 11.6 Å². The molecule has 1 atom stereocenters. The van der Waals surface area contributed by atoms with Crippen LogP contribution in [0.2, 0.25) is 5.02 Å². The Morgan fingerprint density at radius 3 is 2.52 bits per heavy atom. The van der Waals surface area contributed by atoms with Gasteiger partial charge in [0.05, 0.1) is 23.1 Å². The summed E-state index contributed by atoms with van der Waals surface area (Å²) in [5.74, 6) is -7.97. The number of non-ortho nitro benzene ring substituents is 1. The second-order valence-corrected chi connectivity index (χ2v) is 6.96. The van der Waals surface area contributed by atoms with E-state index in [0.717, 1.165) is 19.2 Å². The number of nitrogens with zero attached hydrogens (tertiary/aromatic N) is 2. The lowest BCUT2D eigenvalue weighted by Gasteiger charge is -2.13. The number of halogens is 1. The molecule has 0 unspecified atom stereocenters. The van der Waals surface area contributed by atoms with Crippen molar-refractivity contribution in [2.75, 3.05) is 12.4 Å². The molecule has 1 amide bonds. The molecule has 0 aliphatic heterocycles. The molecule has 12 nitrogen and oxygen atoms in total. The van der Waals surface area contributed by atoms with Crippen LogP contribution in [-0.2, 0) is 23.9 Å². The van der Waals surface area contributed by atoms with Crippen molar-refractivity contribution in [1.29, 1.82) is 0 Å². The van der Waals surface area contributed by atoms with Crippen molar-refractivity contribution in [3.05, 3.63) is 73.6 Å². The molecule has 0 aliphatic carbocycles. The number of nitrogens with one attached hydrogen (secondary N) is 2. The van der Waals surface area contributed by atoms with E-state index in [0.29, 0.717) is 0 Å². The lowest BCUT2D eigenvalue weighted by Crippen LogP contribution is -2.39. The van der Waals surface area contributed by atoms with Crippen LogP contribution in [0.3, 0.4) is 0 Å². The van der Waals surface area contributed by atoms with Crippen LogP contribution >= 0.6 is 11.6 Å². The van der Waals surface area contributed by atoms with E-state index in [1.54, 1.807) is 0 Å². The maximum Gasteiger partial charge on any atom is 0.375 e. The molecular weight excluding hydrogens is 460 g/mol. The normalized spacial score (nSPS) is 11.5. The highest BCUT2D eigenvalue weighted by Gasteiger charge is 2.40. The van der Waals surface area contributed by atoms with Crippen LogP contribution in [0.15, 0.2) is 47.3 Å². The van der Waals surface area contributed by atoms with E-state index >= 15 is 0 Å². The standard InChI is InChI=1S/C20H13ClN4O8/c1-33-20(30)17(27)14(16(26)19(29)22-10-4-2-3-9(21)7-10)15-18(28)24-13-8-11(25(31)32)5-6-12(13)23-15/h2-8,14H,1H3,(H,22,29)(H,24,28)/t14-/m1/s1. The van der Waals surface area contributed by atoms with Crippen molar-refractivity contribution in [2.45, 2.75) is 5.92 Å². The first-order valence-corrected chi connectivity index (χ1v) is 9.41. The number of fused-ring (bicyclic) bond motifs is 1. The quantitative estimate of drug-likeness (QED) is 0.169. The summed E-state index contributed by atoms with van der Waals surface area (Å²) in [6.07, 6.45) is 0. The smallest absolute Gasteiger partial charge is 0.375 e. The molecule has 1 aromatic heterocycles. The summed E-state index contributed by atoms with van der Waals surface area (Å²) >= 11 is 5.83. The van der Waals surface area contributed by atoms with Crippen molar-refractivity contribution in [1.82, 2.24) is 9.97 Å². The molecule has 33 heavy (non-hydrogen) atoms. The number of aromatic nitrogens is 2. The van der Waals surface area contributed by atoms with Gasteiger partial charge in [-0.15, -0.1) is 0 Å². The van der Waals surface area contributed by atoms with Gasteiger partial charge in [-0.25, -0.2) is 9.78 Å². The van der Waals surface area contributed by atoms with Crippen molar-refractivity contribution in [2.24, 2.45) is 0 Å². The number of anilines is 1. The maximum atomic E-state index is 12.9. The molecule has 0 spiro atoms. The van der Waals surface area contributed by atoms with E-state index in [1.807, 2.05) is 0 Å².